The summed E-state index contributed by atoms with van der Waals surface area (Å²) in [4.78, 5) is 12.9. The van der Waals surface area contributed by atoms with Crippen molar-refractivity contribution in [3.05, 3.63) is 35.4 Å². The number of ketones is 1. The van der Waals surface area contributed by atoms with Gasteiger partial charge in [0, 0.05) is 12.2 Å². The maximum atomic E-state index is 12.9. The number of rotatable bonds is 5. The fourth-order valence-electron chi connectivity index (χ4n) is 3.12. The Bertz CT molecular complexity index is 433. The molecule has 2 heteroatoms. The van der Waals surface area contributed by atoms with Gasteiger partial charge in [0.1, 0.15) is 5.60 Å². The summed E-state index contributed by atoms with van der Waals surface area (Å²) in [5.74, 6) is 0.670. The molecule has 1 fully saturated rings. The molecule has 1 aliphatic carbocycles. The van der Waals surface area contributed by atoms with E-state index in [9.17, 15) is 4.79 Å². The Morgan fingerprint density at radius 1 is 1.15 bits per heavy atom. The first kappa shape index (κ1) is 15.2. The molecule has 1 aromatic carbocycles. The Morgan fingerprint density at radius 2 is 1.75 bits per heavy atom. The molecule has 0 bridgehead atoms. The van der Waals surface area contributed by atoms with Crippen LogP contribution < -0.4 is 0 Å². The van der Waals surface area contributed by atoms with Gasteiger partial charge >= 0.3 is 0 Å². The average molecular weight is 274 g/mol. The predicted octanol–water partition coefficient (Wildman–Crippen LogP) is 4.73. The van der Waals surface area contributed by atoms with Crippen molar-refractivity contribution in [2.75, 3.05) is 6.61 Å². The zero-order valence-corrected chi connectivity index (χ0v) is 12.9. The highest BCUT2D eigenvalue weighted by atomic mass is 16.5. The van der Waals surface area contributed by atoms with Crippen molar-refractivity contribution in [2.24, 2.45) is 0 Å². The molecule has 2 nitrogen and oxygen atoms in total. The van der Waals surface area contributed by atoms with Crippen LogP contribution in [0.1, 0.15) is 74.7 Å². The molecule has 2 rings (SSSR count). The molecule has 1 aliphatic rings. The van der Waals surface area contributed by atoms with Crippen LogP contribution >= 0.6 is 0 Å². The number of ether oxygens (including phenoxy) is 1. The molecule has 0 unspecified atom stereocenters. The first-order valence-electron chi connectivity index (χ1n) is 7.88. The largest absolute Gasteiger partial charge is 0.367 e. The molecule has 0 N–H and O–H groups in total. The lowest BCUT2D eigenvalue weighted by molar-refractivity contribution is -0.0411. The Morgan fingerprint density at radius 3 is 2.25 bits per heavy atom. The molecule has 0 atom stereocenters. The van der Waals surface area contributed by atoms with Crippen molar-refractivity contribution in [1.82, 2.24) is 0 Å². The van der Waals surface area contributed by atoms with Crippen molar-refractivity contribution >= 4 is 5.78 Å². The van der Waals surface area contributed by atoms with E-state index in [2.05, 4.69) is 26.0 Å². The van der Waals surface area contributed by atoms with Crippen LogP contribution in [0.2, 0.25) is 0 Å². The summed E-state index contributed by atoms with van der Waals surface area (Å²) in [5.41, 5.74) is 1.51. The summed E-state index contributed by atoms with van der Waals surface area (Å²) in [5, 5.41) is 0. The van der Waals surface area contributed by atoms with E-state index in [-0.39, 0.29) is 5.78 Å². The first-order chi connectivity index (χ1) is 9.59. The molecular weight excluding hydrogens is 248 g/mol. The van der Waals surface area contributed by atoms with E-state index in [1.807, 2.05) is 19.1 Å². The minimum Gasteiger partial charge on any atom is -0.367 e. The van der Waals surface area contributed by atoms with Crippen LogP contribution in [0.4, 0.5) is 0 Å². The van der Waals surface area contributed by atoms with Crippen molar-refractivity contribution in [2.45, 2.75) is 64.4 Å². The van der Waals surface area contributed by atoms with E-state index >= 15 is 0 Å². The highest BCUT2D eigenvalue weighted by molar-refractivity contribution is 6.02. The molecule has 0 radical (unpaired) electrons. The Kier molecular flexibility index (Phi) is 4.98. The summed E-state index contributed by atoms with van der Waals surface area (Å²) in [6, 6.07) is 8.07. The van der Waals surface area contributed by atoms with Crippen LogP contribution in [0.5, 0.6) is 0 Å². The van der Waals surface area contributed by atoms with Gasteiger partial charge in [-0.25, -0.2) is 0 Å². The van der Waals surface area contributed by atoms with Crippen molar-refractivity contribution in [1.29, 1.82) is 0 Å². The topological polar surface area (TPSA) is 26.3 Å². The predicted molar refractivity (Wildman–Crippen MR) is 82.3 cm³/mol. The third-order valence-electron chi connectivity index (χ3n) is 4.34. The minimum absolute atomic E-state index is 0.175. The van der Waals surface area contributed by atoms with Crippen molar-refractivity contribution in [3.8, 4) is 0 Å². The molecule has 0 aromatic heterocycles. The summed E-state index contributed by atoms with van der Waals surface area (Å²) < 4.78 is 5.91. The van der Waals surface area contributed by atoms with E-state index in [1.165, 1.54) is 12.0 Å². The fourth-order valence-corrected chi connectivity index (χ4v) is 3.12. The summed E-state index contributed by atoms with van der Waals surface area (Å²) in [7, 11) is 0. The lowest BCUT2D eigenvalue weighted by Crippen LogP contribution is -2.43. The van der Waals surface area contributed by atoms with Gasteiger partial charge in [-0.2, -0.15) is 0 Å². The lowest BCUT2D eigenvalue weighted by Gasteiger charge is -2.35. The standard InChI is InChI=1S/C18H26O2/c1-4-20-18(12-6-5-7-13-18)17(19)16-10-8-15(9-11-16)14(2)3/h8-11,14H,4-7,12-13H2,1-3H3. The molecule has 0 amide bonds. The van der Waals surface area contributed by atoms with Gasteiger partial charge in [0.2, 0.25) is 0 Å². The second-order valence-corrected chi connectivity index (χ2v) is 6.09. The third-order valence-corrected chi connectivity index (χ3v) is 4.34. The van der Waals surface area contributed by atoms with Gasteiger partial charge in [-0.15, -0.1) is 0 Å². The second-order valence-electron chi connectivity index (χ2n) is 6.09. The molecule has 0 saturated heterocycles. The summed E-state index contributed by atoms with van der Waals surface area (Å²) >= 11 is 0. The quantitative estimate of drug-likeness (QED) is 0.725. The Hall–Kier alpha value is -1.15. The molecule has 1 saturated carbocycles. The fraction of sp³-hybridized carbons (Fsp3) is 0.611. The average Bonchev–Trinajstić information content (AvgIpc) is 2.48. The highest BCUT2D eigenvalue weighted by Gasteiger charge is 2.40. The summed E-state index contributed by atoms with van der Waals surface area (Å²) in [6.07, 6.45) is 5.14. The number of benzene rings is 1. The van der Waals surface area contributed by atoms with Gasteiger partial charge in [-0.1, -0.05) is 57.4 Å². The second kappa shape index (κ2) is 6.53. The van der Waals surface area contributed by atoms with E-state index in [1.54, 1.807) is 0 Å². The maximum Gasteiger partial charge on any atom is 0.194 e. The van der Waals surface area contributed by atoms with E-state index in [0.29, 0.717) is 12.5 Å². The molecule has 110 valence electrons. The smallest absolute Gasteiger partial charge is 0.194 e. The third kappa shape index (κ3) is 3.12. The minimum atomic E-state index is -0.563. The van der Waals surface area contributed by atoms with Crippen LogP contribution in [0.15, 0.2) is 24.3 Å². The SMILES string of the molecule is CCOC1(C(=O)c2ccc(C(C)C)cc2)CCCCC1. The number of Topliss-reactive ketones (excluding diaryl/α,β-unsaturated/α-hetero) is 1. The molecular formula is C18H26O2. The van der Waals surface area contributed by atoms with Gasteiger partial charge < -0.3 is 4.74 Å². The van der Waals surface area contributed by atoms with Crippen LogP contribution in [0.3, 0.4) is 0 Å². The van der Waals surface area contributed by atoms with Crippen LogP contribution in [0, 0.1) is 0 Å². The molecule has 0 heterocycles. The first-order valence-corrected chi connectivity index (χ1v) is 7.88. The Balaban J connectivity index is 2.22. The normalized spacial score (nSPS) is 18.2. The highest BCUT2D eigenvalue weighted by Crippen LogP contribution is 2.34. The van der Waals surface area contributed by atoms with Crippen LogP contribution in [-0.4, -0.2) is 18.0 Å². The number of hydrogen-bond donors (Lipinski definition) is 0. The monoisotopic (exact) mass is 274 g/mol. The van der Waals surface area contributed by atoms with Crippen LogP contribution in [0.25, 0.3) is 0 Å². The molecule has 0 aliphatic heterocycles. The van der Waals surface area contributed by atoms with Gasteiger partial charge in [0.15, 0.2) is 5.78 Å². The number of hydrogen-bond acceptors (Lipinski definition) is 2. The number of carbonyl (C=O) groups is 1. The van der Waals surface area contributed by atoms with E-state index < -0.39 is 5.60 Å². The van der Waals surface area contributed by atoms with Gasteiger partial charge in [-0.3, -0.25) is 4.79 Å². The lowest BCUT2D eigenvalue weighted by atomic mass is 9.79. The number of carbonyl (C=O) groups excluding carboxylic acids is 1. The van der Waals surface area contributed by atoms with Crippen molar-refractivity contribution in [3.63, 3.8) is 0 Å². The molecule has 0 spiro atoms. The zero-order chi connectivity index (χ0) is 14.6. The molecule has 1 aromatic rings. The van der Waals surface area contributed by atoms with Crippen LogP contribution in [-0.2, 0) is 4.74 Å². The van der Waals surface area contributed by atoms with E-state index in [4.69, 9.17) is 4.74 Å². The zero-order valence-electron chi connectivity index (χ0n) is 12.9. The van der Waals surface area contributed by atoms with E-state index in [0.717, 1.165) is 31.2 Å². The van der Waals surface area contributed by atoms with Gasteiger partial charge in [-0.05, 0) is 31.2 Å². The van der Waals surface area contributed by atoms with Gasteiger partial charge in [0.25, 0.3) is 0 Å². The maximum absolute atomic E-state index is 12.9. The van der Waals surface area contributed by atoms with Gasteiger partial charge in [0.05, 0.1) is 0 Å². The van der Waals surface area contributed by atoms with Crippen molar-refractivity contribution < 1.29 is 9.53 Å². The molecule has 20 heavy (non-hydrogen) atoms. The summed E-state index contributed by atoms with van der Waals surface area (Å²) in [6.45, 7) is 6.92. The Labute approximate surface area is 122 Å².